The van der Waals surface area contributed by atoms with Gasteiger partial charge in [-0.25, -0.2) is 0 Å². The predicted molar refractivity (Wildman–Crippen MR) is 64.2 cm³/mol. The second-order valence-corrected chi connectivity index (χ2v) is 3.89. The number of Topliss-reactive ketones (excluding diaryl/α,β-unsaturated/α-hetero) is 1. The number of hydrogen-bond acceptors (Lipinski definition) is 5. The zero-order valence-electron chi connectivity index (χ0n) is 10.5. The highest BCUT2D eigenvalue weighted by molar-refractivity contribution is 5.96. The van der Waals surface area contributed by atoms with Crippen LogP contribution < -0.4 is 9.47 Å². The van der Waals surface area contributed by atoms with Crippen LogP contribution in [0.3, 0.4) is 0 Å². The number of benzene rings is 1. The monoisotopic (exact) mass is 252 g/mol. The van der Waals surface area contributed by atoms with E-state index in [1.54, 1.807) is 18.2 Å². The average Bonchev–Trinajstić information content (AvgIpc) is 2.44. The van der Waals surface area contributed by atoms with Gasteiger partial charge in [0.25, 0.3) is 0 Å². The molecule has 0 aliphatic carbocycles. The number of hydrogen-bond donors (Lipinski definition) is 0. The highest BCUT2D eigenvalue weighted by Gasteiger charge is 2.17. The summed E-state index contributed by atoms with van der Waals surface area (Å²) in [5.74, 6) is 1.23. The number of methoxy groups -OCH3 is 2. The van der Waals surface area contributed by atoms with Gasteiger partial charge in [0.15, 0.2) is 23.6 Å². The van der Waals surface area contributed by atoms with Crippen LogP contribution in [-0.2, 0) is 9.47 Å². The van der Waals surface area contributed by atoms with E-state index in [1.807, 2.05) is 0 Å². The Morgan fingerprint density at radius 2 is 1.89 bits per heavy atom. The fourth-order valence-corrected chi connectivity index (χ4v) is 1.75. The zero-order valence-corrected chi connectivity index (χ0v) is 10.5. The van der Waals surface area contributed by atoms with Gasteiger partial charge in [-0.1, -0.05) is 0 Å². The molecule has 0 radical (unpaired) electrons. The lowest BCUT2D eigenvalue weighted by Crippen LogP contribution is -2.19. The smallest absolute Gasteiger partial charge is 0.168 e. The van der Waals surface area contributed by atoms with Crippen LogP contribution in [0.5, 0.6) is 11.5 Å². The molecule has 0 N–H and O–H groups in total. The molecule has 0 spiro atoms. The Morgan fingerprint density at radius 3 is 2.56 bits per heavy atom. The molecule has 0 aromatic heterocycles. The normalized spacial score (nSPS) is 13.7. The molecule has 0 atom stereocenters. The maximum atomic E-state index is 12.0. The zero-order chi connectivity index (χ0) is 13.0. The molecule has 0 saturated carbocycles. The van der Waals surface area contributed by atoms with Crippen LogP contribution in [-0.4, -0.2) is 39.5 Å². The van der Waals surface area contributed by atoms with E-state index in [-0.39, 0.29) is 12.2 Å². The van der Waals surface area contributed by atoms with E-state index in [0.717, 1.165) is 0 Å². The Morgan fingerprint density at radius 1 is 1.22 bits per heavy atom. The lowest BCUT2D eigenvalue weighted by atomic mass is 10.1. The van der Waals surface area contributed by atoms with Gasteiger partial charge in [-0.3, -0.25) is 4.79 Å². The van der Waals surface area contributed by atoms with E-state index in [1.165, 1.54) is 14.2 Å². The minimum Gasteiger partial charge on any atom is -0.486 e. The van der Waals surface area contributed by atoms with Gasteiger partial charge in [0.2, 0.25) is 0 Å². The van der Waals surface area contributed by atoms with Crippen molar-refractivity contribution in [2.45, 2.75) is 12.7 Å². The molecule has 0 unspecified atom stereocenters. The van der Waals surface area contributed by atoms with Gasteiger partial charge >= 0.3 is 0 Å². The number of fused-ring (bicyclic) bond motifs is 1. The predicted octanol–water partition coefficient (Wildman–Crippen LogP) is 1.65. The van der Waals surface area contributed by atoms with Crippen LogP contribution in [0.1, 0.15) is 16.8 Å². The van der Waals surface area contributed by atoms with Crippen LogP contribution in [0.25, 0.3) is 0 Å². The Bertz CT molecular complexity index is 425. The molecule has 0 amide bonds. The standard InChI is InChI=1S/C13H16O5/c1-15-13(16-2)8-10(14)9-3-4-11-12(7-9)18-6-5-17-11/h3-4,7,13H,5-6,8H2,1-2H3. The van der Waals surface area contributed by atoms with Gasteiger partial charge in [-0.15, -0.1) is 0 Å². The fraction of sp³-hybridized carbons (Fsp3) is 0.462. The van der Waals surface area contributed by atoms with E-state index in [9.17, 15) is 4.79 Å². The van der Waals surface area contributed by atoms with Crippen molar-refractivity contribution in [3.8, 4) is 11.5 Å². The first-order chi connectivity index (χ1) is 8.74. The molecule has 98 valence electrons. The average molecular weight is 252 g/mol. The van der Waals surface area contributed by atoms with Crippen molar-refractivity contribution in [2.24, 2.45) is 0 Å². The summed E-state index contributed by atoms with van der Waals surface area (Å²) in [4.78, 5) is 12.0. The van der Waals surface area contributed by atoms with Crippen LogP contribution in [0.4, 0.5) is 0 Å². The summed E-state index contributed by atoms with van der Waals surface area (Å²) in [6, 6.07) is 5.16. The van der Waals surface area contributed by atoms with Gasteiger partial charge in [0.05, 0.1) is 6.42 Å². The lowest BCUT2D eigenvalue weighted by molar-refractivity contribution is -0.0993. The summed E-state index contributed by atoms with van der Waals surface area (Å²) in [5, 5.41) is 0. The van der Waals surface area contributed by atoms with Crippen molar-refractivity contribution in [1.29, 1.82) is 0 Å². The van der Waals surface area contributed by atoms with E-state index in [2.05, 4.69) is 0 Å². The van der Waals surface area contributed by atoms with Crippen molar-refractivity contribution in [2.75, 3.05) is 27.4 Å². The Hall–Kier alpha value is -1.59. The van der Waals surface area contributed by atoms with Gasteiger partial charge < -0.3 is 18.9 Å². The maximum absolute atomic E-state index is 12.0. The molecule has 1 aliphatic heterocycles. The Kier molecular flexibility index (Phi) is 4.17. The molecule has 18 heavy (non-hydrogen) atoms. The summed E-state index contributed by atoms with van der Waals surface area (Å²) in [6.07, 6.45) is -0.349. The van der Waals surface area contributed by atoms with Gasteiger partial charge in [0, 0.05) is 19.8 Å². The largest absolute Gasteiger partial charge is 0.486 e. The van der Waals surface area contributed by atoms with Crippen molar-refractivity contribution < 1.29 is 23.7 Å². The SMILES string of the molecule is COC(CC(=O)c1ccc2c(c1)OCCO2)OC. The molecule has 0 saturated heterocycles. The highest BCUT2D eigenvalue weighted by Crippen LogP contribution is 2.31. The van der Waals surface area contributed by atoms with Crippen molar-refractivity contribution >= 4 is 5.78 Å². The fourth-order valence-electron chi connectivity index (χ4n) is 1.75. The Labute approximate surface area is 106 Å². The van der Waals surface area contributed by atoms with Gasteiger partial charge in [-0.05, 0) is 18.2 Å². The summed E-state index contributed by atoms with van der Waals surface area (Å²) in [6.45, 7) is 1.04. The number of carbonyl (C=O) groups excluding carboxylic acids is 1. The maximum Gasteiger partial charge on any atom is 0.168 e. The van der Waals surface area contributed by atoms with Crippen LogP contribution >= 0.6 is 0 Å². The third-order valence-corrected chi connectivity index (χ3v) is 2.74. The minimum absolute atomic E-state index is 0.0549. The van der Waals surface area contributed by atoms with Crippen LogP contribution in [0, 0.1) is 0 Å². The number of ether oxygens (including phenoxy) is 4. The van der Waals surface area contributed by atoms with E-state index < -0.39 is 6.29 Å². The molecule has 5 heteroatoms. The summed E-state index contributed by atoms with van der Waals surface area (Å²) in [5.41, 5.74) is 0.568. The third kappa shape index (κ3) is 2.80. The van der Waals surface area contributed by atoms with Crippen LogP contribution in [0.2, 0.25) is 0 Å². The first kappa shape index (κ1) is 12.9. The van der Waals surface area contributed by atoms with E-state index in [4.69, 9.17) is 18.9 Å². The Balaban J connectivity index is 2.11. The second-order valence-electron chi connectivity index (χ2n) is 3.89. The van der Waals surface area contributed by atoms with Gasteiger partial charge in [-0.2, -0.15) is 0 Å². The molecular formula is C13H16O5. The van der Waals surface area contributed by atoms with Crippen molar-refractivity contribution in [1.82, 2.24) is 0 Å². The van der Waals surface area contributed by atoms with Crippen molar-refractivity contribution in [3.05, 3.63) is 23.8 Å². The quantitative estimate of drug-likeness (QED) is 0.589. The van der Waals surface area contributed by atoms with Gasteiger partial charge in [0.1, 0.15) is 13.2 Å². The molecular weight excluding hydrogens is 236 g/mol. The number of carbonyl (C=O) groups is 1. The minimum atomic E-state index is -0.522. The summed E-state index contributed by atoms with van der Waals surface area (Å²) >= 11 is 0. The lowest BCUT2D eigenvalue weighted by Gasteiger charge is -2.19. The molecule has 1 aromatic rings. The first-order valence-corrected chi connectivity index (χ1v) is 5.73. The topological polar surface area (TPSA) is 54.0 Å². The molecule has 1 aromatic carbocycles. The highest BCUT2D eigenvalue weighted by atomic mass is 16.7. The molecule has 0 bridgehead atoms. The third-order valence-electron chi connectivity index (χ3n) is 2.74. The number of rotatable bonds is 5. The molecule has 5 nitrogen and oxygen atoms in total. The molecule has 0 fully saturated rings. The molecule has 1 aliphatic rings. The summed E-state index contributed by atoms with van der Waals surface area (Å²) in [7, 11) is 3.01. The van der Waals surface area contributed by atoms with E-state index in [0.29, 0.717) is 30.3 Å². The van der Waals surface area contributed by atoms with Crippen LogP contribution in [0.15, 0.2) is 18.2 Å². The van der Waals surface area contributed by atoms with E-state index >= 15 is 0 Å². The summed E-state index contributed by atoms with van der Waals surface area (Å²) < 4.78 is 20.8. The second kappa shape index (κ2) is 5.84. The van der Waals surface area contributed by atoms with Crippen molar-refractivity contribution in [3.63, 3.8) is 0 Å². The number of ketones is 1. The first-order valence-electron chi connectivity index (χ1n) is 5.73. The molecule has 2 rings (SSSR count). The molecule has 1 heterocycles.